The number of nitrogens with zero attached hydrogens (tertiary/aromatic N) is 2. The summed E-state index contributed by atoms with van der Waals surface area (Å²) >= 11 is 0. The standard InChI is InChI=1S/C17H15N3O/c1-10(19-2)20-14-8-7-12-11-5-3-4-6-15(11)21-17(12)13(14)9-16(20)18/h3-8,18H,9H2,1-2H3. The van der Waals surface area contributed by atoms with Crippen molar-refractivity contribution in [2.45, 2.75) is 13.3 Å². The lowest BCUT2D eigenvalue weighted by atomic mass is 10.1. The Balaban J connectivity index is 2.05. The van der Waals surface area contributed by atoms with Crippen LogP contribution in [0.25, 0.3) is 21.9 Å². The van der Waals surface area contributed by atoms with Crippen molar-refractivity contribution in [2.24, 2.45) is 4.99 Å². The fourth-order valence-electron chi connectivity index (χ4n) is 3.08. The lowest BCUT2D eigenvalue weighted by Crippen LogP contribution is -2.31. The number of fused-ring (bicyclic) bond motifs is 5. The van der Waals surface area contributed by atoms with Crippen molar-refractivity contribution in [2.75, 3.05) is 11.9 Å². The van der Waals surface area contributed by atoms with Crippen LogP contribution in [-0.4, -0.2) is 18.7 Å². The van der Waals surface area contributed by atoms with Gasteiger partial charge in [0.05, 0.1) is 5.69 Å². The highest BCUT2D eigenvalue weighted by atomic mass is 16.3. The Hall–Kier alpha value is -2.62. The molecule has 1 aromatic heterocycles. The summed E-state index contributed by atoms with van der Waals surface area (Å²) in [4.78, 5) is 6.10. The van der Waals surface area contributed by atoms with Gasteiger partial charge >= 0.3 is 0 Å². The number of amidine groups is 2. The van der Waals surface area contributed by atoms with Crippen LogP contribution in [0, 0.1) is 5.41 Å². The van der Waals surface area contributed by atoms with E-state index in [1.54, 1.807) is 7.05 Å². The van der Waals surface area contributed by atoms with Gasteiger partial charge in [-0.3, -0.25) is 15.3 Å². The van der Waals surface area contributed by atoms with Crippen molar-refractivity contribution in [3.63, 3.8) is 0 Å². The molecule has 0 fully saturated rings. The van der Waals surface area contributed by atoms with Crippen molar-refractivity contribution in [1.29, 1.82) is 5.41 Å². The number of hydrogen-bond donors (Lipinski definition) is 1. The molecule has 0 atom stereocenters. The topological polar surface area (TPSA) is 52.6 Å². The zero-order valence-electron chi connectivity index (χ0n) is 12.0. The minimum atomic E-state index is 0.543. The van der Waals surface area contributed by atoms with Gasteiger partial charge in [0.2, 0.25) is 0 Å². The molecule has 1 N–H and O–H groups in total. The van der Waals surface area contributed by atoms with Crippen LogP contribution in [0.3, 0.4) is 0 Å². The molecule has 0 bridgehead atoms. The van der Waals surface area contributed by atoms with Gasteiger partial charge in [-0.2, -0.15) is 0 Å². The van der Waals surface area contributed by atoms with E-state index in [0.717, 1.165) is 39.0 Å². The lowest BCUT2D eigenvalue weighted by molar-refractivity contribution is 0.665. The van der Waals surface area contributed by atoms with Gasteiger partial charge in [-0.05, 0) is 25.1 Å². The highest BCUT2D eigenvalue weighted by Crippen LogP contribution is 2.39. The minimum Gasteiger partial charge on any atom is -0.456 e. The number of rotatable bonds is 0. The minimum absolute atomic E-state index is 0.543. The van der Waals surface area contributed by atoms with Crippen molar-refractivity contribution in [3.05, 3.63) is 42.0 Å². The molecule has 21 heavy (non-hydrogen) atoms. The second-order valence-electron chi connectivity index (χ2n) is 5.27. The number of benzene rings is 2. The molecule has 0 spiro atoms. The van der Waals surface area contributed by atoms with Crippen LogP contribution in [0.5, 0.6) is 0 Å². The predicted octanol–water partition coefficient (Wildman–Crippen LogP) is 3.97. The van der Waals surface area contributed by atoms with Crippen molar-refractivity contribution in [1.82, 2.24) is 0 Å². The molecular weight excluding hydrogens is 262 g/mol. The molecule has 0 aliphatic carbocycles. The second-order valence-corrected chi connectivity index (χ2v) is 5.27. The van der Waals surface area contributed by atoms with E-state index in [-0.39, 0.29) is 0 Å². The molecule has 1 aliphatic heterocycles. The predicted molar refractivity (Wildman–Crippen MR) is 86.7 cm³/mol. The van der Waals surface area contributed by atoms with E-state index in [4.69, 9.17) is 9.83 Å². The average Bonchev–Trinajstić information content (AvgIpc) is 3.03. The second kappa shape index (κ2) is 4.19. The first-order chi connectivity index (χ1) is 10.2. The van der Waals surface area contributed by atoms with E-state index in [0.29, 0.717) is 12.3 Å². The molecule has 4 heteroatoms. The van der Waals surface area contributed by atoms with Crippen molar-refractivity contribution in [3.8, 4) is 0 Å². The van der Waals surface area contributed by atoms with Gasteiger partial charge in [0.1, 0.15) is 22.8 Å². The maximum Gasteiger partial charge on any atom is 0.141 e. The summed E-state index contributed by atoms with van der Waals surface area (Å²) in [6.07, 6.45) is 0.583. The summed E-state index contributed by atoms with van der Waals surface area (Å²) in [7, 11) is 1.75. The van der Waals surface area contributed by atoms with Crippen LogP contribution in [0.1, 0.15) is 12.5 Å². The van der Waals surface area contributed by atoms with Crippen LogP contribution >= 0.6 is 0 Å². The Morgan fingerprint density at radius 2 is 2.00 bits per heavy atom. The molecule has 4 rings (SSSR count). The highest BCUT2D eigenvalue weighted by molar-refractivity contribution is 6.23. The number of furan rings is 1. The fourth-order valence-corrected chi connectivity index (χ4v) is 3.08. The molecule has 0 unspecified atom stereocenters. The Bertz CT molecular complexity index is 920. The molecule has 2 aromatic carbocycles. The molecule has 1 aliphatic rings. The van der Waals surface area contributed by atoms with E-state index < -0.39 is 0 Å². The van der Waals surface area contributed by atoms with E-state index in [9.17, 15) is 0 Å². The first-order valence-corrected chi connectivity index (χ1v) is 6.95. The SMILES string of the molecule is CN=C(C)N1C(=N)Cc2c1ccc1c2oc2ccccc21. The Morgan fingerprint density at radius 3 is 2.81 bits per heavy atom. The van der Waals surface area contributed by atoms with Crippen LogP contribution in [0.4, 0.5) is 5.69 Å². The molecule has 3 aromatic rings. The number of nitrogens with one attached hydrogen (secondary N) is 1. The zero-order valence-corrected chi connectivity index (χ0v) is 12.0. The van der Waals surface area contributed by atoms with E-state index in [2.05, 4.69) is 23.2 Å². The Morgan fingerprint density at radius 1 is 1.19 bits per heavy atom. The molecule has 0 saturated heterocycles. The number of aliphatic imine (C=N–C) groups is 1. The third-order valence-electron chi connectivity index (χ3n) is 4.13. The molecular formula is C17H15N3O. The molecule has 0 amide bonds. The zero-order chi connectivity index (χ0) is 14.6. The molecule has 4 nitrogen and oxygen atoms in total. The van der Waals surface area contributed by atoms with Gasteiger partial charge in [0.15, 0.2) is 0 Å². The maximum atomic E-state index is 8.24. The number of para-hydroxylation sites is 1. The largest absolute Gasteiger partial charge is 0.456 e. The maximum absolute atomic E-state index is 8.24. The molecule has 104 valence electrons. The third kappa shape index (κ3) is 1.56. The average molecular weight is 277 g/mol. The summed E-state index contributed by atoms with van der Waals surface area (Å²) in [5.41, 5.74) is 3.88. The normalized spacial score (nSPS) is 15.2. The van der Waals surface area contributed by atoms with Crippen LogP contribution < -0.4 is 4.90 Å². The summed E-state index contributed by atoms with van der Waals surface area (Å²) in [6.45, 7) is 1.92. The van der Waals surface area contributed by atoms with Crippen LogP contribution in [0.2, 0.25) is 0 Å². The molecule has 0 saturated carbocycles. The van der Waals surface area contributed by atoms with Crippen LogP contribution in [-0.2, 0) is 6.42 Å². The van der Waals surface area contributed by atoms with Gasteiger partial charge in [0.25, 0.3) is 0 Å². The van der Waals surface area contributed by atoms with E-state index in [1.807, 2.05) is 30.0 Å². The van der Waals surface area contributed by atoms with E-state index >= 15 is 0 Å². The Labute approximate surface area is 122 Å². The Kier molecular flexibility index (Phi) is 2.42. The summed E-state index contributed by atoms with van der Waals surface area (Å²) in [6, 6.07) is 12.2. The first-order valence-electron chi connectivity index (χ1n) is 6.95. The van der Waals surface area contributed by atoms with Gasteiger partial charge in [0, 0.05) is 29.8 Å². The first kappa shape index (κ1) is 12.1. The smallest absolute Gasteiger partial charge is 0.141 e. The van der Waals surface area contributed by atoms with Crippen LogP contribution in [0.15, 0.2) is 45.8 Å². The van der Waals surface area contributed by atoms with Gasteiger partial charge in [-0.15, -0.1) is 0 Å². The summed E-state index contributed by atoms with van der Waals surface area (Å²) in [5.74, 6) is 1.37. The molecule has 0 radical (unpaired) electrons. The van der Waals surface area contributed by atoms with Gasteiger partial charge in [-0.1, -0.05) is 18.2 Å². The number of hydrogen-bond acceptors (Lipinski definition) is 3. The van der Waals surface area contributed by atoms with E-state index in [1.165, 1.54) is 0 Å². The monoisotopic (exact) mass is 277 g/mol. The van der Waals surface area contributed by atoms with Gasteiger partial charge < -0.3 is 4.42 Å². The molecule has 2 heterocycles. The third-order valence-corrected chi connectivity index (χ3v) is 4.13. The van der Waals surface area contributed by atoms with Crippen molar-refractivity contribution < 1.29 is 4.42 Å². The number of anilines is 1. The lowest BCUT2D eigenvalue weighted by Gasteiger charge is -2.18. The summed E-state index contributed by atoms with van der Waals surface area (Å²) in [5, 5.41) is 10.5. The quantitative estimate of drug-likeness (QED) is 0.499. The summed E-state index contributed by atoms with van der Waals surface area (Å²) < 4.78 is 6.04. The highest BCUT2D eigenvalue weighted by Gasteiger charge is 2.29. The van der Waals surface area contributed by atoms with Gasteiger partial charge in [-0.25, -0.2) is 0 Å². The fraction of sp³-hybridized carbons (Fsp3) is 0.176. The van der Waals surface area contributed by atoms with Crippen molar-refractivity contribution >= 4 is 39.3 Å².